The highest BCUT2D eigenvalue weighted by molar-refractivity contribution is 6.18. The van der Waals surface area contributed by atoms with Gasteiger partial charge in [-0.25, -0.2) is 8.78 Å². The zero-order valence-electron chi connectivity index (χ0n) is 6.93. The molecule has 1 aromatic rings. The molecule has 0 spiro atoms. The molecule has 0 heterocycles. The van der Waals surface area contributed by atoms with E-state index in [1.165, 1.54) is 12.1 Å². The molecule has 0 aliphatic rings. The molecule has 0 fully saturated rings. The Hall–Kier alpha value is -0.890. The van der Waals surface area contributed by atoms with Crippen LogP contribution in [0.1, 0.15) is 5.56 Å². The number of hydrogen-bond acceptors (Lipinski definition) is 0. The van der Waals surface area contributed by atoms with Crippen LogP contribution in [0.25, 0.3) is 0 Å². The molecule has 70 valence electrons. The molecule has 0 aliphatic carbocycles. The van der Waals surface area contributed by atoms with Crippen molar-refractivity contribution in [1.82, 2.24) is 0 Å². The van der Waals surface area contributed by atoms with Crippen molar-refractivity contribution in [2.45, 2.75) is 6.42 Å². The first kappa shape index (κ1) is 10.2. The van der Waals surface area contributed by atoms with Crippen molar-refractivity contribution in [2.75, 3.05) is 5.88 Å². The fraction of sp³-hybridized carbons (Fsp3) is 0.200. The minimum atomic E-state index is -0.553. The first-order valence-corrected chi connectivity index (χ1v) is 4.42. The lowest BCUT2D eigenvalue weighted by Gasteiger charge is -1.98. The second kappa shape index (κ2) is 4.97. The van der Waals surface area contributed by atoms with Gasteiger partial charge in [0.15, 0.2) is 0 Å². The second-order valence-corrected chi connectivity index (χ2v) is 2.87. The largest absolute Gasteiger partial charge is 0.207 e. The van der Waals surface area contributed by atoms with Gasteiger partial charge >= 0.3 is 0 Å². The Morgan fingerprint density at radius 3 is 2.62 bits per heavy atom. The molecule has 0 saturated carbocycles. The standard InChI is InChI=1S/C10H9ClF2/c11-6-2-1-3-8-4-5-9(12)7-10(8)13/h1-2,4-5,7H,3,6H2/b2-1+. The van der Waals surface area contributed by atoms with Crippen LogP contribution in [-0.2, 0) is 6.42 Å². The number of allylic oxidation sites excluding steroid dienone is 2. The van der Waals surface area contributed by atoms with Crippen molar-refractivity contribution in [2.24, 2.45) is 0 Å². The van der Waals surface area contributed by atoms with E-state index in [0.29, 0.717) is 17.9 Å². The van der Waals surface area contributed by atoms with E-state index in [-0.39, 0.29) is 0 Å². The van der Waals surface area contributed by atoms with Gasteiger partial charge in [-0.15, -0.1) is 11.6 Å². The summed E-state index contributed by atoms with van der Waals surface area (Å²) in [4.78, 5) is 0. The van der Waals surface area contributed by atoms with Crippen LogP contribution < -0.4 is 0 Å². The van der Waals surface area contributed by atoms with Gasteiger partial charge in [0.05, 0.1) is 0 Å². The quantitative estimate of drug-likeness (QED) is 0.521. The fourth-order valence-electron chi connectivity index (χ4n) is 0.961. The molecule has 1 rings (SSSR count). The predicted octanol–water partition coefficient (Wildman–Crippen LogP) is 3.30. The summed E-state index contributed by atoms with van der Waals surface area (Å²) in [7, 11) is 0. The highest BCUT2D eigenvalue weighted by Gasteiger charge is 2.00. The van der Waals surface area contributed by atoms with Crippen molar-refractivity contribution in [3.63, 3.8) is 0 Å². The van der Waals surface area contributed by atoms with E-state index in [2.05, 4.69) is 0 Å². The Kier molecular flexibility index (Phi) is 3.90. The van der Waals surface area contributed by atoms with Gasteiger partial charge in [0.2, 0.25) is 0 Å². The van der Waals surface area contributed by atoms with Gasteiger partial charge in [0.1, 0.15) is 11.6 Å². The van der Waals surface area contributed by atoms with Gasteiger partial charge in [0, 0.05) is 11.9 Å². The number of benzene rings is 1. The summed E-state index contributed by atoms with van der Waals surface area (Å²) >= 11 is 5.39. The fourth-order valence-corrected chi connectivity index (χ4v) is 1.09. The average Bonchev–Trinajstić information content (AvgIpc) is 2.09. The normalized spacial score (nSPS) is 11.0. The summed E-state index contributed by atoms with van der Waals surface area (Å²) in [6, 6.07) is 3.56. The van der Waals surface area contributed by atoms with Crippen LogP contribution in [0.5, 0.6) is 0 Å². The minimum absolute atomic E-state index is 0.406. The van der Waals surface area contributed by atoms with E-state index in [0.717, 1.165) is 6.07 Å². The first-order valence-electron chi connectivity index (χ1n) is 3.89. The van der Waals surface area contributed by atoms with Crippen LogP contribution in [0.4, 0.5) is 8.78 Å². The lowest BCUT2D eigenvalue weighted by molar-refractivity contribution is 0.575. The molecule has 0 saturated heterocycles. The molecule has 0 aromatic heterocycles. The molecule has 0 aliphatic heterocycles. The minimum Gasteiger partial charge on any atom is -0.207 e. The average molecular weight is 203 g/mol. The summed E-state index contributed by atoms with van der Waals surface area (Å²) in [6.45, 7) is 0. The highest BCUT2D eigenvalue weighted by atomic mass is 35.5. The molecule has 0 N–H and O–H groups in total. The third-order valence-corrected chi connectivity index (χ3v) is 1.79. The van der Waals surface area contributed by atoms with Crippen molar-refractivity contribution in [3.05, 3.63) is 47.5 Å². The zero-order valence-corrected chi connectivity index (χ0v) is 7.69. The third-order valence-electron chi connectivity index (χ3n) is 1.61. The topological polar surface area (TPSA) is 0 Å². The highest BCUT2D eigenvalue weighted by Crippen LogP contribution is 2.10. The molecule has 1 aromatic carbocycles. The number of rotatable bonds is 3. The Labute approximate surface area is 80.8 Å². The van der Waals surface area contributed by atoms with Crippen molar-refractivity contribution < 1.29 is 8.78 Å². The molecule has 0 radical (unpaired) electrons. The van der Waals surface area contributed by atoms with Gasteiger partial charge in [-0.3, -0.25) is 0 Å². The summed E-state index contributed by atoms with van der Waals surface area (Å²) in [5, 5.41) is 0. The van der Waals surface area contributed by atoms with Gasteiger partial charge in [-0.05, 0) is 18.1 Å². The summed E-state index contributed by atoms with van der Waals surface area (Å²) < 4.78 is 25.4. The van der Waals surface area contributed by atoms with Crippen LogP contribution in [0.15, 0.2) is 30.4 Å². The van der Waals surface area contributed by atoms with Crippen LogP contribution in [0.3, 0.4) is 0 Å². The van der Waals surface area contributed by atoms with Gasteiger partial charge in [-0.1, -0.05) is 18.2 Å². The van der Waals surface area contributed by atoms with Crippen molar-refractivity contribution >= 4 is 11.6 Å². The summed E-state index contributed by atoms with van der Waals surface area (Å²) in [5.74, 6) is -0.662. The summed E-state index contributed by atoms with van der Waals surface area (Å²) in [6.07, 6.45) is 3.92. The SMILES string of the molecule is Fc1ccc(C/C=C/CCl)c(F)c1. The molecule has 3 heteroatoms. The Morgan fingerprint density at radius 2 is 2.00 bits per heavy atom. The molecule has 0 bridgehead atoms. The van der Waals surface area contributed by atoms with E-state index in [1.807, 2.05) is 0 Å². The number of hydrogen-bond donors (Lipinski definition) is 0. The predicted molar refractivity (Wildman–Crippen MR) is 49.9 cm³/mol. The Morgan fingerprint density at radius 1 is 1.23 bits per heavy atom. The lowest BCUT2D eigenvalue weighted by atomic mass is 10.1. The van der Waals surface area contributed by atoms with Crippen molar-refractivity contribution in [1.29, 1.82) is 0 Å². The van der Waals surface area contributed by atoms with E-state index in [9.17, 15) is 8.78 Å². The molecule has 0 unspecified atom stereocenters. The second-order valence-electron chi connectivity index (χ2n) is 2.57. The van der Waals surface area contributed by atoms with Crippen LogP contribution in [0.2, 0.25) is 0 Å². The van der Waals surface area contributed by atoms with Gasteiger partial charge in [-0.2, -0.15) is 0 Å². The number of halogens is 3. The van der Waals surface area contributed by atoms with E-state index < -0.39 is 11.6 Å². The maximum Gasteiger partial charge on any atom is 0.129 e. The monoisotopic (exact) mass is 202 g/mol. The molecule has 0 atom stereocenters. The lowest BCUT2D eigenvalue weighted by Crippen LogP contribution is -1.89. The molecule has 13 heavy (non-hydrogen) atoms. The van der Waals surface area contributed by atoms with E-state index in [1.54, 1.807) is 12.2 Å². The van der Waals surface area contributed by atoms with E-state index in [4.69, 9.17) is 11.6 Å². The van der Waals surface area contributed by atoms with E-state index >= 15 is 0 Å². The van der Waals surface area contributed by atoms with Crippen LogP contribution in [0, 0.1) is 11.6 Å². The molecular weight excluding hydrogens is 194 g/mol. The Balaban J connectivity index is 2.72. The maximum atomic E-state index is 13.0. The van der Waals surface area contributed by atoms with Gasteiger partial charge < -0.3 is 0 Å². The number of alkyl halides is 1. The molecular formula is C10H9ClF2. The maximum absolute atomic E-state index is 13.0. The Bertz CT molecular complexity index is 308. The smallest absolute Gasteiger partial charge is 0.129 e. The van der Waals surface area contributed by atoms with Crippen LogP contribution in [-0.4, -0.2) is 5.88 Å². The third kappa shape index (κ3) is 3.15. The van der Waals surface area contributed by atoms with Crippen molar-refractivity contribution in [3.8, 4) is 0 Å². The van der Waals surface area contributed by atoms with Crippen LogP contribution >= 0.6 is 11.6 Å². The summed E-state index contributed by atoms with van der Waals surface area (Å²) in [5.41, 5.74) is 0.475. The molecule has 0 nitrogen and oxygen atoms in total. The first-order chi connectivity index (χ1) is 6.24. The van der Waals surface area contributed by atoms with Gasteiger partial charge in [0.25, 0.3) is 0 Å². The zero-order chi connectivity index (χ0) is 9.68. The molecule has 0 amide bonds.